The lowest BCUT2D eigenvalue weighted by atomic mass is 9.94. The number of ether oxygens (including phenoxy) is 5. The van der Waals surface area contributed by atoms with Crippen molar-refractivity contribution < 1.29 is 58.8 Å². The molecule has 10 atom stereocenters. The van der Waals surface area contributed by atoms with Crippen LogP contribution in [-0.4, -0.2) is 119 Å². The van der Waals surface area contributed by atoms with Crippen LogP contribution >= 0.6 is 0 Å². The Morgan fingerprint density at radius 1 is 0.811 bits per heavy atom. The van der Waals surface area contributed by atoms with Crippen molar-refractivity contribution in [3.05, 3.63) is 24.3 Å². The van der Waals surface area contributed by atoms with Gasteiger partial charge in [0.15, 0.2) is 6.29 Å². The summed E-state index contributed by atoms with van der Waals surface area (Å²) in [6.45, 7) is 1.08. The molecule has 0 spiro atoms. The number of hydrogen-bond acceptors (Lipinski definition) is 12. The van der Waals surface area contributed by atoms with E-state index < -0.39 is 86.3 Å². The van der Waals surface area contributed by atoms with Gasteiger partial charge in [-0.15, -0.1) is 0 Å². The van der Waals surface area contributed by atoms with E-state index in [9.17, 15) is 35.1 Å². The van der Waals surface area contributed by atoms with Gasteiger partial charge in [-0.2, -0.15) is 0 Å². The van der Waals surface area contributed by atoms with Crippen molar-refractivity contribution in [3.8, 4) is 11.5 Å². The molecule has 14 heteroatoms. The molecule has 2 aliphatic rings. The lowest BCUT2D eigenvalue weighted by Crippen LogP contribution is -2.70. The van der Waals surface area contributed by atoms with E-state index in [4.69, 9.17) is 23.7 Å². The first-order chi connectivity index (χ1) is 17.6. The monoisotopic (exact) mass is 530 g/mol. The Labute approximate surface area is 213 Å². The zero-order valence-corrected chi connectivity index (χ0v) is 20.6. The number of carbonyl (C=O) groups is 2. The van der Waals surface area contributed by atoms with E-state index in [0.29, 0.717) is 11.5 Å². The molecule has 0 bridgehead atoms. The van der Waals surface area contributed by atoms with E-state index in [1.165, 1.54) is 21.0 Å². The van der Waals surface area contributed by atoms with Gasteiger partial charge in [-0.3, -0.25) is 9.59 Å². The number of nitrogens with one attached hydrogen (secondary N) is 2. The van der Waals surface area contributed by atoms with Gasteiger partial charge >= 0.3 is 0 Å². The molecule has 7 N–H and O–H groups in total. The third-order valence-electron chi connectivity index (χ3n) is 6.08. The molecule has 37 heavy (non-hydrogen) atoms. The standard InChI is InChI=1S/C23H34N2O12/c1-10(28)24-16-20(32)18(30)14(8-26)35-22(16)37-21-17(25-11(2)29)23(36-15(9-27)19(21)31)34-13-6-4-12(33-3)5-7-13/h4-7,14-23,26-27,30-32H,8-9H2,1-3H3,(H,24,28)(H,25,29)/t14-,15-,16-,17-,18+,19-,20-,21-,22+,23-/m1/s1. The van der Waals surface area contributed by atoms with Crippen molar-refractivity contribution in [1.82, 2.24) is 10.6 Å². The minimum atomic E-state index is -1.60. The van der Waals surface area contributed by atoms with Crippen LogP contribution < -0.4 is 20.1 Å². The molecule has 0 aliphatic carbocycles. The van der Waals surface area contributed by atoms with E-state index >= 15 is 0 Å². The summed E-state index contributed by atoms with van der Waals surface area (Å²) in [5, 5.41) is 56.3. The molecule has 3 rings (SSSR count). The smallest absolute Gasteiger partial charge is 0.223 e. The highest BCUT2D eigenvalue weighted by Crippen LogP contribution is 2.31. The summed E-state index contributed by atoms with van der Waals surface area (Å²) in [4.78, 5) is 23.8. The van der Waals surface area contributed by atoms with Crippen molar-refractivity contribution in [1.29, 1.82) is 0 Å². The van der Waals surface area contributed by atoms with Crippen molar-refractivity contribution in [2.24, 2.45) is 0 Å². The molecule has 1 aromatic carbocycles. The summed E-state index contributed by atoms with van der Waals surface area (Å²) in [6, 6.07) is 3.96. The molecule has 0 aromatic heterocycles. The molecular weight excluding hydrogens is 496 g/mol. The maximum absolute atomic E-state index is 12.1. The molecule has 2 heterocycles. The summed E-state index contributed by atoms with van der Waals surface area (Å²) in [7, 11) is 1.50. The van der Waals surface area contributed by atoms with Gasteiger partial charge in [0.1, 0.15) is 60.2 Å². The minimum Gasteiger partial charge on any atom is -0.497 e. The topological polar surface area (TPSA) is 206 Å². The second-order valence-corrected chi connectivity index (χ2v) is 8.77. The Bertz CT molecular complexity index is 902. The van der Waals surface area contributed by atoms with E-state index in [2.05, 4.69) is 10.6 Å². The minimum absolute atomic E-state index is 0.317. The lowest BCUT2D eigenvalue weighted by Gasteiger charge is -2.48. The summed E-state index contributed by atoms with van der Waals surface area (Å²) in [5.41, 5.74) is 0. The quantitative estimate of drug-likeness (QED) is 0.170. The number of aliphatic hydroxyl groups excluding tert-OH is 5. The molecule has 2 aliphatic heterocycles. The Morgan fingerprint density at radius 2 is 1.32 bits per heavy atom. The van der Waals surface area contributed by atoms with Crippen LogP contribution in [0.1, 0.15) is 13.8 Å². The number of aliphatic hydroxyl groups is 5. The number of amides is 2. The van der Waals surface area contributed by atoms with Gasteiger partial charge in [-0.1, -0.05) is 0 Å². The fourth-order valence-corrected chi connectivity index (χ4v) is 4.25. The van der Waals surface area contributed by atoms with Gasteiger partial charge in [0, 0.05) is 13.8 Å². The number of rotatable bonds is 9. The number of benzene rings is 1. The first-order valence-electron chi connectivity index (χ1n) is 11.7. The molecular formula is C23H34N2O12. The van der Waals surface area contributed by atoms with Gasteiger partial charge < -0.3 is 59.9 Å². The van der Waals surface area contributed by atoms with E-state index in [-0.39, 0.29) is 0 Å². The highest BCUT2D eigenvalue weighted by Gasteiger charge is 2.52. The maximum Gasteiger partial charge on any atom is 0.223 e. The Morgan fingerprint density at radius 3 is 1.86 bits per heavy atom. The van der Waals surface area contributed by atoms with Gasteiger partial charge in [-0.25, -0.2) is 0 Å². The number of methoxy groups -OCH3 is 1. The van der Waals surface area contributed by atoms with E-state index in [1.807, 2.05) is 0 Å². The maximum atomic E-state index is 12.1. The van der Waals surface area contributed by atoms with Crippen LogP contribution in [0.25, 0.3) is 0 Å². The van der Waals surface area contributed by atoms with Crippen LogP contribution in [-0.2, 0) is 23.8 Å². The molecule has 0 saturated carbocycles. The van der Waals surface area contributed by atoms with Gasteiger partial charge in [-0.05, 0) is 24.3 Å². The number of hydrogen-bond donors (Lipinski definition) is 7. The molecule has 1 aromatic rings. The second kappa shape index (κ2) is 12.8. The normalized spacial score (nSPS) is 35.9. The van der Waals surface area contributed by atoms with Crippen molar-refractivity contribution >= 4 is 11.8 Å². The summed E-state index contributed by atoms with van der Waals surface area (Å²) in [5.74, 6) is -0.211. The average Bonchev–Trinajstić information content (AvgIpc) is 2.86. The largest absolute Gasteiger partial charge is 0.497 e. The van der Waals surface area contributed by atoms with Crippen LogP contribution in [0.2, 0.25) is 0 Å². The predicted octanol–water partition coefficient (Wildman–Crippen LogP) is -3.01. The Hall–Kier alpha value is -2.56. The molecule has 0 radical (unpaired) electrons. The van der Waals surface area contributed by atoms with Crippen LogP contribution in [0.3, 0.4) is 0 Å². The van der Waals surface area contributed by atoms with Crippen molar-refractivity contribution in [2.75, 3.05) is 20.3 Å². The lowest BCUT2D eigenvalue weighted by molar-refractivity contribution is -0.320. The zero-order valence-electron chi connectivity index (χ0n) is 20.6. The molecule has 2 fully saturated rings. The Kier molecular flexibility index (Phi) is 10.0. The van der Waals surface area contributed by atoms with Crippen LogP contribution in [0.4, 0.5) is 0 Å². The summed E-state index contributed by atoms with van der Waals surface area (Å²) < 4.78 is 28.3. The summed E-state index contributed by atoms with van der Waals surface area (Å²) in [6.07, 6.45) is -11.3. The van der Waals surface area contributed by atoms with Crippen LogP contribution in [0.15, 0.2) is 24.3 Å². The first-order valence-corrected chi connectivity index (χ1v) is 11.7. The molecule has 0 unspecified atom stereocenters. The second-order valence-electron chi connectivity index (χ2n) is 8.77. The van der Waals surface area contributed by atoms with Crippen molar-refractivity contribution in [2.45, 2.75) is 75.1 Å². The fraction of sp³-hybridized carbons (Fsp3) is 0.652. The Balaban J connectivity index is 1.93. The van der Waals surface area contributed by atoms with E-state index in [0.717, 1.165) is 0 Å². The highest BCUT2D eigenvalue weighted by molar-refractivity contribution is 5.73. The highest BCUT2D eigenvalue weighted by atomic mass is 16.7. The predicted molar refractivity (Wildman–Crippen MR) is 123 cm³/mol. The first kappa shape index (κ1) is 29.0. The van der Waals surface area contributed by atoms with E-state index in [1.54, 1.807) is 24.3 Å². The van der Waals surface area contributed by atoms with Gasteiger partial charge in [0.2, 0.25) is 18.1 Å². The third kappa shape index (κ3) is 6.86. The average molecular weight is 531 g/mol. The summed E-state index contributed by atoms with van der Waals surface area (Å²) >= 11 is 0. The fourth-order valence-electron chi connectivity index (χ4n) is 4.25. The van der Waals surface area contributed by atoms with Crippen LogP contribution in [0.5, 0.6) is 11.5 Å². The third-order valence-corrected chi connectivity index (χ3v) is 6.08. The molecule has 2 amide bonds. The SMILES string of the molecule is COc1ccc(O[C@@H]2O[C@H](CO)[C@@H](O)[C@H](O[C@@H]3O[C@H](CO)[C@H](O)[C@H](O)[C@H]3NC(C)=O)[C@H]2NC(C)=O)cc1. The van der Waals surface area contributed by atoms with Crippen molar-refractivity contribution in [3.63, 3.8) is 0 Å². The number of carbonyl (C=O) groups excluding carboxylic acids is 2. The molecule has 14 nitrogen and oxygen atoms in total. The molecule has 208 valence electrons. The zero-order chi connectivity index (χ0) is 27.3. The van der Waals surface area contributed by atoms with Gasteiger partial charge in [0.25, 0.3) is 0 Å². The molecule has 2 saturated heterocycles. The van der Waals surface area contributed by atoms with Crippen LogP contribution in [0, 0.1) is 0 Å². The van der Waals surface area contributed by atoms with Gasteiger partial charge in [0.05, 0.1) is 20.3 Å².